The monoisotopic (exact) mass is 307 g/mol. The Morgan fingerprint density at radius 1 is 1.16 bits per heavy atom. The SMILES string of the molecule is CC(N)C(=O)N(CCN(C)C)c1ccccc1.Cl.Cl. The van der Waals surface area contributed by atoms with Crippen LogP contribution in [0.25, 0.3) is 0 Å². The third-order valence-corrected chi connectivity index (χ3v) is 2.49. The van der Waals surface area contributed by atoms with Crippen molar-refractivity contribution in [3.63, 3.8) is 0 Å². The predicted octanol–water partition coefficient (Wildman–Crippen LogP) is 1.77. The summed E-state index contributed by atoms with van der Waals surface area (Å²) in [5, 5.41) is 0. The number of hydrogen-bond acceptors (Lipinski definition) is 3. The highest BCUT2D eigenvalue weighted by molar-refractivity contribution is 5.96. The van der Waals surface area contributed by atoms with Crippen LogP contribution in [0.2, 0.25) is 0 Å². The largest absolute Gasteiger partial charge is 0.320 e. The van der Waals surface area contributed by atoms with Gasteiger partial charge in [0.1, 0.15) is 0 Å². The van der Waals surface area contributed by atoms with E-state index in [2.05, 4.69) is 0 Å². The maximum atomic E-state index is 12.0. The second-order valence-corrected chi connectivity index (χ2v) is 4.42. The van der Waals surface area contributed by atoms with Crippen molar-refractivity contribution in [1.29, 1.82) is 0 Å². The van der Waals surface area contributed by atoms with Gasteiger partial charge in [0.05, 0.1) is 6.04 Å². The number of rotatable bonds is 5. The summed E-state index contributed by atoms with van der Waals surface area (Å²) in [6, 6.07) is 9.16. The van der Waals surface area contributed by atoms with Crippen LogP contribution in [0.15, 0.2) is 30.3 Å². The Balaban J connectivity index is 0. The first kappa shape index (κ1) is 20.5. The van der Waals surface area contributed by atoms with E-state index in [1.165, 1.54) is 0 Å². The van der Waals surface area contributed by atoms with Crippen molar-refractivity contribution in [2.24, 2.45) is 5.73 Å². The molecule has 0 aliphatic heterocycles. The van der Waals surface area contributed by atoms with Crippen LogP contribution in [-0.4, -0.2) is 44.0 Å². The minimum absolute atomic E-state index is 0. The zero-order valence-electron chi connectivity index (χ0n) is 11.6. The van der Waals surface area contributed by atoms with Gasteiger partial charge in [-0.2, -0.15) is 0 Å². The van der Waals surface area contributed by atoms with Gasteiger partial charge in [0.25, 0.3) is 0 Å². The van der Waals surface area contributed by atoms with Gasteiger partial charge in [-0.25, -0.2) is 0 Å². The minimum Gasteiger partial charge on any atom is -0.320 e. The van der Waals surface area contributed by atoms with E-state index in [4.69, 9.17) is 5.73 Å². The number of anilines is 1. The van der Waals surface area contributed by atoms with Crippen LogP contribution >= 0.6 is 24.8 Å². The zero-order valence-corrected chi connectivity index (χ0v) is 13.2. The molecule has 0 aromatic heterocycles. The number of nitrogens with two attached hydrogens (primary N) is 1. The Bertz CT molecular complexity index is 358. The first-order valence-corrected chi connectivity index (χ1v) is 5.79. The Kier molecular flexibility index (Phi) is 10.8. The lowest BCUT2D eigenvalue weighted by Gasteiger charge is -2.26. The maximum Gasteiger partial charge on any atom is 0.243 e. The van der Waals surface area contributed by atoms with Gasteiger partial charge in [-0.05, 0) is 33.2 Å². The normalized spacial score (nSPS) is 11.2. The van der Waals surface area contributed by atoms with Crippen LogP contribution in [0.3, 0.4) is 0 Å². The van der Waals surface area contributed by atoms with Gasteiger partial charge in [-0.15, -0.1) is 24.8 Å². The minimum atomic E-state index is -0.475. The van der Waals surface area contributed by atoms with E-state index in [0.717, 1.165) is 12.2 Å². The van der Waals surface area contributed by atoms with Gasteiger partial charge in [-0.3, -0.25) is 4.79 Å². The third-order valence-electron chi connectivity index (χ3n) is 2.49. The number of halogens is 2. The zero-order chi connectivity index (χ0) is 12.8. The molecule has 1 aromatic rings. The van der Waals surface area contributed by atoms with Gasteiger partial charge >= 0.3 is 0 Å². The molecule has 1 unspecified atom stereocenters. The standard InChI is InChI=1S/C13H21N3O.2ClH/c1-11(14)13(17)16(10-9-15(2)3)12-7-5-4-6-8-12;;/h4-8,11H,9-10,14H2,1-3H3;2*1H. The third kappa shape index (κ3) is 6.78. The highest BCUT2D eigenvalue weighted by Gasteiger charge is 2.18. The van der Waals surface area contributed by atoms with Crippen LogP contribution in [-0.2, 0) is 4.79 Å². The summed E-state index contributed by atoms with van der Waals surface area (Å²) >= 11 is 0. The van der Waals surface area contributed by atoms with Gasteiger partial charge in [0.2, 0.25) is 5.91 Å². The van der Waals surface area contributed by atoms with Crippen LogP contribution in [0, 0.1) is 0 Å². The molecule has 0 aliphatic rings. The number of carbonyl (C=O) groups excluding carboxylic acids is 1. The first-order valence-electron chi connectivity index (χ1n) is 5.79. The summed E-state index contributed by atoms with van der Waals surface area (Å²) < 4.78 is 0. The lowest BCUT2D eigenvalue weighted by molar-refractivity contribution is -0.119. The van der Waals surface area contributed by atoms with Gasteiger partial charge in [0.15, 0.2) is 0 Å². The lowest BCUT2D eigenvalue weighted by atomic mass is 10.2. The Labute approximate surface area is 127 Å². The molecule has 1 rings (SSSR count). The van der Waals surface area contributed by atoms with E-state index < -0.39 is 6.04 Å². The Morgan fingerprint density at radius 2 is 1.68 bits per heavy atom. The van der Waals surface area contributed by atoms with Crippen LogP contribution in [0.4, 0.5) is 5.69 Å². The summed E-state index contributed by atoms with van der Waals surface area (Å²) in [6.45, 7) is 3.18. The van der Waals surface area contributed by atoms with Gasteiger partial charge in [-0.1, -0.05) is 18.2 Å². The van der Waals surface area contributed by atoms with Crippen LogP contribution in [0.1, 0.15) is 6.92 Å². The highest BCUT2D eigenvalue weighted by atomic mass is 35.5. The molecule has 0 spiro atoms. The van der Waals surface area contributed by atoms with Crippen LogP contribution < -0.4 is 10.6 Å². The van der Waals surface area contributed by atoms with E-state index in [0.29, 0.717) is 6.54 Å². The summed E-state index contributed by atoms with van der Waals surface area (Å²) in [6.07, 6.45) is 0. The molecule has 0 saturated carbocycles. The molecule has 110 valence electrons. The molecule has 4 nitrogen and oxygen atoms in total. The molecule has 1 atom stereocenters. The molecule has 0 radical (unpaired) electrons. The number of carbonyl (C=O) groups is 1. The second-order valence-electron chi connectivity index (χ2n) is 4.42. The molecule has 0 saturated heterocycles. The fourth-order valence-electron chi connectivity index (χ4n) is 1.52. The maximum absolute atomic E-state index is 12.0. The molecule has 0 heterocycles. The Morgan fingerprint density at radius 3 is 2.11 bits per heavy atom. The Hall–Kier alpha value is -0.810. The number of para-hydroxylation sites is 1. The van der Waals surface area contributed by atoms with Gasteiger partial charge in [0, 0.05) is 18.8 Å². The van der Waals surface area contributed by atoms with Crippen molar-refractivity contribution < 1.29 is 4.79 Å². The van der Waals surface area contributed by atoms with Crippen molar-refractivity contribution in [2.75, 3.05) is 32.1 Å². The van der Waals surface area contributed by atoms with E-state index in [-0.39, 0.29) is 30.7 Å². The van der Waals surface area contributed by atoms with Crippen LogP contribution in [0.5, 0.6) is 0 Å². The topological polar surface area (TPSA) is 49.6 Å². The first-order chi connectivity index (χ1) is 8.02. The molecule has 2 N–H and O–H groups in total. The number of benzene rings is 1. The molecule has 1 aromatic carbocycles. The van der Waals surface area contributed by atoms with E-state index in [1.807, 2.05) is 49.3 Å². The van der Waals surface area contributed by atoms with Crippen molar-refractivity contribution in [1.82, 2.24) is 4.90 Å². The number of hydrogen-bond donors (Lipinski definition) is 1. The van der Waals surface area contributed by atoms with Crippen molar-refractivity contribution in [3.05, 3.63) is 30.3 Å². The van der Waals surface area contributed by atoms with E-state index in [1.54, 1.807) is 11.8 Å². The summed E-state index contributed by atoms with van der Waals surface area (Å²) in [4.78, 5) is 15.8. The number of nitrogens with zero attached hydrogens (tertiary/aromatic N) is 2. The second kappa shape index (κ2) is 10.0. The molecule has 19 heavy (non-hydrogen) atoms. The summed E-state index contributed by atoms with van der Waals surface area (Å²) in [5.74, 6) is -0.0435. The smallest absolute Gasteiger partial charge is 0.243 e. The van der Waals surface area contributed by atoms with Crippen molar-refractivity contribution in [2.45, 2.75) is 13.0 Å². The summed E-state index contributed by atoms with van der Waals surface area (Å²) in [5.41, 5.74) is 6.58. The fourth-order valence-corrected chi connectivity index (χ4v) is 1.52. The van der Waals surface area contributed by atoms with Crippen molar-refractivity contribution >= 4 is 36.4 Å². The average Bonchev–Trinajstić information content (AvgIpc) is 2.30. The molecule has 0 bridgehead atoms. The quantitative estimate of drug-likeness (QED) is 0.902. The van der Waals surface area contributed by atoms with Gasteiger partial charge < -0.3 is 15.5 Å². The number of likely N-dealkylation sites (N-methyl/N-ethyl adjacent to an activating group) is 1. The highest BCUT2D eigenvalue weighted by Crippen LogP contribution is 2.13. The van der Waals surface area contributed by atoms with E-state index in [9.17, 15) is 4.79 Å². The lowest BCUT2D eigenvalue weighted by Crippen LogP contribution is -2.44. The molecular formula is C13H23Cl2N3O. The average molecular weight is 308 g/mol. The summed E-state index contributed by atoms with van der Waals surface area (Å²) in [7, 11) is 3.97. The fraction of sp³-hybridized carbons (Fsp3) is 0.462. The molecule has 1 amide bonds. The van der Waals surface area contributed by atoms with E-state index >= 15 is 0 Å². The number of amides is 1. The molecule has 0 aliphatic carbocycles. The molecule has 6 heteroatoms. The molecular weight excluding hydrogens is 285 g/mol. The van der Waals surface area contributed by atoms with Crippen molar-refractivity contribution in [3.8, 4) is 0 Å². The molecule has 0 fully saturated rings. The predicted molar refractivity (Wildman–Crippen MR) is 85.5 cm³/mol.